The summed E-state index contributed by atoms with van der Waals surface area (Å²) in [5, 5.41) is 10.7. The number of likely N-dealkylation sites (tertiary alicyclic amines) is 1. The Bertz CT molecular complexity index is 927. The van der Waals surface area contributed by atoms with Gasteiger partial charge in [0.25, 0.3) is 5.69 Å². The van der Waals surface area contributed by atoms with Crippen LogP contribution in [-0.2, 0) is 19.1 Å². The molecule has 0 spiro atoms. The van der Waals surface area contributed by atoms with Gasteiger partial charge in [0.1, 0.15) is 6.04 Å². The van der Waals surface area contributed by atoms with Gasteiger partial charge in [-0.1, -0.05) is 13.8 Å². The molecule has 2 saturated carbocycles. The largest absolute Gasteiger partial charge is 0.456 e. The highest BCUT2D eigenvalue weighted by atomic mass is 16.6. The lowest BCUT2D eigenvalue weighted by Crippen LogP contribution is -2.50. The minimum absolute atomic E-state index is 0.154. The summed E-state index contributed by atoms with van der Waals surface area (Å²) in [6, 6.07) is 3.90. The summed E-state index contributed by atoms with van der Waals surface area (Å²) in [7, 11) is 0. The van der Waals surface area contributed by atoms with Crippen molar-refractivity contribution in [2.24, 2.45) is 29.6 Å². The molecule has 164 valence electrons. The minimum Gasteiger partial charge on any atom is -0.456 e. The lowest BCUT2D eigenvalue weighted by molar-refractivity contribution is -0.384. The number of benzene rings is 1. The first-order valence-electron chi connectivity index (χ1n) is 10.5. The van der Waals surface area contributed by atoms with Crippen LogP contribution >= 0.6 is 0 Å². The molecule has 1 aliphatic heterocycles. The Morgan fingerprint density at radius 2 is 1.65 bits per heavy atom. The molecule has 1 aromatic rings. The number of carbonyl (C=O) groups is 4. The van der Waals surface area contributed by atoms with Gasteiger partial charge in [-0.25, -0.2) is 4.79 Å². The molecule has 1 aromatic carbocycles. The van der Waals surface area contributed by atoms with Gasteiger partial charge in [0, 0.05) is 17.7 Å². The van der Waals surface area contributed by atoms with Gasteiger partial charge >= 0.3 is 5.97 Å². The molecule has 9 nitrogen and oxygen atoms in total. The molecule has 31 heavy (non-hydrogen) atoms. The molecular weight excluding hydrogens is 404 g/mol. The Balaban J connectivity index is 1.44. The highest BCUT2D eigenvalue weighted by Gasteiger charge is 2.62. The van der Waals surface area contributed by atoms with Crippen LogP contribution in [-0.4, -0.2) is 46.0 Å². The summed E-state index contributed by atoms with van der Waals surface area (Å²) < 4.78 is 5.19. The number of non-ortho nitro benzene ring substituents is 1. The smallest absolute Gasteiger partial charge is 0.330 e. The van der Waals surface area contributed by atoms with Crippen LogP contribution in [0.4, 0.5) is 5.69 Å². The van der Waals surface area contributed by atoms with Crippen LogP contribution < -0.4 is 0 Å². The van der Waals surface area contributed by atoms with Crippen LogP contribution in [0.5, 0.6) is 0 Å². The number of ether oxygens (including phenoxy) is 1. The topological polar surface area (TPSA) is 124 Å². The van der Waals surface area contributed by atoms with E-state index in [1.54, 1.807) is 13.8 Å². The first-order valence-corrected chi connectivity index (χ1v) is 10.5. The van der Waals surface area contributed by atoms with Crippen LogP contribution in [0.1, 0.15) is 43.5 Å². The highest BCUT2D eigenvalue weighted by molar-refractivity contribution is 6.09. The van der Waals surface area contributed by atoms with Gasteiger partial charge < -0.3 is 4.74 Å². The van der Waals surface area contributed by atoms with E-state index in [1.807, 2.05) is 0 Å². The SMILES string of the molecule is CC(C)[C@@H](C(=O)OCC(=O)c1ccc([N+](=O)[O-])cc1)N1C(=O)[C@@H]2[C@H]3CC[C@@H](C3)[C@@H]2C1=O. The summed E-state index contributed by atoms with van der Waals surface area (Å²) in [6.45, 7) is 2.88. The van der Waals surface area contributed by atoms with Crippen molar-refractivity contribution in [3.05, 3.63) is 39.9 Å². The number of hydrogen-bond acceptors (Lipinski definition) is 7. The average molecular weight is 428 g/mol. The summed E-state index contributed by atoms with van der Waals surface area (Å²) in [5.41, 5.74) is 0.0120. The van der Waals surface area contributed by atoms with Crippen LogP contribution in [0.2, 0.25) is 0 Å². The van der Waals surface area contributed by atoms with Crippen LogP contribution in [0.25, 0.3) is 0 Å². The summed E-state index contributed by atoms with van der Waals surface area (Å²) >= 11 is 0. The molecule has 0 aromatic heterocycles. The lowest BCUT2D eigenvalue weighted by atomic mass is 9.81. The zero-order valence-corrected chi connectivity index (χ0v) is 17.4. The van der Waals surface area contributed by atoms with E-state index in [4.69, 9.17) is 4.74 Å². The Morgan fingerprint density at radius 1 is 1.10 bits per heavy atom. The number of nitrogens with zero attached hydrogens (tertiary/aromatic N) is 2. The molecule has 2 aliphatic carbocycles. The second-order valence-corrected chi connectivity index (χ2v) is 8.95. The summed E-state index contributed by atoms with van der Waals surface area (Å²) in [5.74, 6) is -2.51. The van der Waals surface area contributed by atoms with Crippen molar-refractivity contribution >= 4 is 29.3 Å². The van der Waals surface area contributed by atoms with E-state index in [1.165, 1.54) is 24.3 Å². The fourth-order valence-corrected chi connectivity index (χ4v) is 5.46. The van der Waals surface area contributed by atoms with Gasteiger partial charge in [-0.05, 0) is 49.1 Å². The molecule has 1 saturated heterocycles. The van der Waals surface area contributed by atoms with Crippen molar-refractivity contribution in [1.82, 2.24) is 4.90 Å². The van der Waals surface area contributed by atoms with Gasteiger partial charge in [0.15, 0.2) is 12.4 Å². The normalized spacial score (nSPS) is 27.5. The third kappa shape index (κ3) is 3.51. The third-order valence-corrected chi connectivity index (χ3v) is 6.86. The predicted molar refractivity (Wildman–Crippen MR) is 107 cm³/mol. The van der Waals surface area contributed by atoms with Crippen LogP contribution in [0.3, 0.4) is 0 Å². The number of ketones is 1. The molecular formula is C22H24N2O7. The Labute approximate surface area is 178 Å². The average Bonchev–Trinajstić information content (AvgIpc) is 3.42. The molecule has 2 bridgehead atoms. The number of carbonyl (C=O) groups excluding carboxylic acids is 4. The number of fused-ring (bicyclic) bond motifs is 5. The van der Waals surface area contributed by atoms with Crippen molar-refractivity contribution in [1.29, 1.82) is 0 Å². The number of imide groups is 1. The lowest BCUT2D eigenvalue weighted by Gasteiger charge is -2.28. The monoisotopic (exact) mass is 428 g/mol. The maximum Gasteiger partial charge on any atom is 0.330 e. The van der Waals surface area contributed by atoms with Crippen molar-refractivity contribution in [3.8, 4) is 0 Å². The predicted octanol–water partition coefficient (Wildman–Crippen LogP) is 2.38. The van der Waals surface area contributed by atoms with Gasteiger partial charge in [-0.15, -0.1) is 0 Å². The molecule has 3 fully saturated rings. The number of amides is 2. The van der Waals surface area contributed by atoms with E-state index in [2.05, 4.69) is 0 Å². The zero-order valence-electron chi connectivity index (χ0n) is 17.4. The Hall–Kier alpha value is -3.10. The molecule has 1 heterocycles. The number of nitro groups is 1. The highest BCUT2D eigenvalue weighted by Crippen LogP contribution is 2.56. The van der Waals surface area contributed by atoms with Gasteiger partial charge in [-0.2, -0.15) is 0 Å². The maximum absolute atomic E-state index is 13.1. The van der Waals surface area contributed by atoms with E-state index in [0.717, 1.165) is 24.2 Å². The Morgan fingerprint density at radius 3 is 2.13 bits per heavy atom. The molecule has 0 radical (unpaired) electrons. The first kappa shape index (κ1) is 21.1. The number of nitro benzene ring substituents is 1. The van der Waals surface area contributed by atoms with Crippen LogP contribution in [0, 0.1) is 39.7 Å². The number of hydrogen-bond donors (Lipinski definition) is 0. The molecule has 3 aliphatic rings. The maximum atomic E-state index is 13.1. The van der Waals surface area contributed by atoms with Gasteiger partial charge in [-0.3, -0.25) is 29.4 Å². The van der Waals surface area contributed by atoms with Gasteiger partial charge in [0.05, 0.1) is 16.8 Å². The van der Waals surface area contributed by atoms with Crippen molar-refractivity contribution < 1.29 is 28.8 Å². The third-order valence-electron chi connectivity index (χ3n) is 6.86. The molecule has 0 N–H and O–H groups in total. The van der Waals surface area contributed by atoms with E-state index >= 15 is 0 Å². The number of esters is 1. The van der Waals surface area contributed by atoms with Crippen molar-refractivity contribution in [2.75, 3.05) is 6.61 Å². The fourth-order valence-electron chi connectivity index (χ4n) is 5.46. The van der Waals surface area contributed by atoms with Crippen LogP contribution in [0.15, 0.2) is 24.3 Å². The second-order valence-electron chi connectivity index (χ2n) is 8.95. The summed E-state index contributed by atoms with van der Waals surface area (Å²) in [6.07, 6.45) is 2.79. The molecule has 4 rings (SSSR count). The van der Waals surface area contributed by atoms with E-state index in [0.29, 0.717) is 0 Å². The fraction of sp³-hybridized carbons (Fsp3) is 0.545. The Kier molecular flexibility index (Phi) is 5.36. The minimum atomic E-state index is -1.07. The zero-order chi connectivity index (χ0) is 22.4. The number of rotatable bonds is 7. The van der Waals surface area contributed by atoms with E-state index in [-0.39, 0.29) is 52.7 Å². The number of Topliss-reactive ketones (excluding diaryl/α,β-unsaturated/α-hetero) is 1. The molecule has 9 heteroatoms. The first-order chi connectivity index (χ1) is 14.7. The quantitative estimate of drug-likeness (QED) is 0.215. The summed E-state index contributed by atoms with van der Waals surface area (Å²) in [4.78, 5) is 62.5. The van der Waals surface area contributed by atoms with E-state index < -0.39 is 29.3 Å². The molecule has 0 unspecified atom stereocenters. The van der Waals surface area contributed by atoms with Crippen molar-refractivity contribution in [2.45, 2.75) is 39.2 Å². The molecule has 5 atom stereocenters. The van der Waals surface area contributed by atoms with E-state index in [9.17, 15) is 29.3 Å². The van der Waals surface area contributed by atoms with Gasteiger partial charge in [0.2, 0.25) is 11.8 Å². The molecule has 2 amide bonds. The van der Waals surface area contributed by atoms with Crippen molar-refractivity contribution in [3.63, 3.8) is 0 Å². The second kappa shape index (κ2) is 7.86. The standard InChI is InChI=1S/C22H24N2O7/c1-11(2)19(23-20(26)17-13-3-4-14(9-13)18(17)21(23)27)22(28)31-10-16(25)12-5-7-15(8-6-12)24(29)30/h5-8,11,13-14,17-19H,3-4,9-10H2,1-2H3/t13-,14-,17-,18+,19-/m0/s1.